The first kappa shape index (κ1) is 29.6. The molecule has 1 N–H and O–H groups in total. The first-order valence-electron chi connectivity index (χ1n) is 14.9. The molecule has 0 aliphatic carbocycles. The van der Waals surface area contributed by atoms with Crippen LogP contribution in [0.1, 0.15) is 53.5 Å². The largest absolute Gasteiger partial charge is 0.490 e. The maximum absolute atomic E-state index is 13.5. The lowest BCUT2D eigenvalue weighted by atomic mass is 10.1. The third kappa shape index (κ3) is 6.70. The van der Waals surface area contributed by atoms with Crippen LogP contribution in [-0.2, 0) is 6.54 Å². The number of urea groups is 1. The lowest BCUT2D eigenvalue weighted by Gasteiger charge is -2.33. The quantitative estimate of drug-likeness (QED) is 0.257. The minimum atomic E-state index is -0.548. The van der Waals surface area contributed by atoms with Crippen molar-refractivity contribution in [2.24, 2.45) is 0 Å². The molecule has 4 aromatic rings. The summed E-state index contributed by atoms with van der Waals surface area (Å²) in [4.78, 5) is 39.6. The normalized spacial score (nSPS) is 17.1. The number of piperidine rings is 1. The summed E-state index contributed by atoms with van der Waals surface area (Å²) >= 11 is 1.41. The number of amides is 3. The summed E-state index contributed by atoms with van der Waals surface area (Å²) in [5.74, 6) is 0.0198. The molecule has 10 nitrogen and oxygen atoms in total. The Bertz CT molecular complexity index is 1600. The fraction of sp³-hybridized carbons (Fsp3) is 0.375. The fourth-order valence-corrected chi connectivity index (χ4v) is 6.65. The molecule has 44 heavy (non-hydrogen) atoms. The number of nitrogens with zero attached hydrogens (tertiary/aromatic N) is 6. The van der Waals surface area contributed by atoms with Gasteiger partial charge in [-0.3, -0.25) is 10.1 Å². The van der Waals surface area contributed by atoms with Gasteiger partial charge in [-0.25, -0.2) is 14.8 Å². The average molecular weight is 618 g/mol. The van der Waals surface area contributed by atoms with Gasteiger partial charge in [-0.05, 0) is 66.9 Å². The van der Waals surface area contributed by atoms with Crippen LogP contribution >= 0.6 is 11.3 Å². The molecule has 6 rings (SSSR count). The van der Waals surface area contributed by atoms with Gasteiger partial charge in [-0.1, -0.05) is 0 Å². The number of halogens is 1. The second-order valence-electron chi connectivity index (χ2n) is 11.4. The Kier molecular flexibility index (Phi) is 8.78. The van der Waals surface area contributed by atoms with Gasteiger partial charge in [0.05, 0.1) is 11.7 Å². The van der Waals surface area contributed by atoms with E-state index in [0.717, 1.165) is 54.9 Å². The van der Waals surface area contributed by atoms with E-state index in [2.05, 4.69) is 27.3 Å². The smallest absolute Gasteiger partial charge is 0.319 e. The fourth-order valence-electron chi connectivity index (χ4n) is 5.89. The van der Waals surface area contributed by atoms with Crippen molar-refractivity contribution in [3.05, 3.63) is 89.2 Å². The van der Waals surface area contributed by atoms with Crippen molar-refractivity contribution in [3.63, 3.8) is 0 Å². The molecule has 2 aliphatic heterocycles. The van der Waals surface area contributed by atoms with Crippen LogP contribution < -0.4 is 15.0 Å². The summed E-state index contributed by atoms with van der Waals surface area (Å²) in [6.07, 6.45) is 6.97. The van der Waals surface area contributed by atoms with Gasteiger partial charge in [-0.2, -0.15) is 4.39 Å². The molecule has 3 aromatic heterocycles. The number of carbonyl (C=O) groups excluding carboxylic acids is 2. The van der Waals surface area contributed by atoms with Gasteiger partial charge in [0.2, 0.25) is 5.95 Å². The number of nitrogens with one attached hydrogen (secondary N) is 1. The molecule has 2 fully saturated rings. The first-order valence-corrected chi connectivity index (χ1v) is 15.7. The number of likely N-dealkylation sites (tertiary alicyclic amines) is 1. The second kappa shape index (κ2) is 13.0. The Morgan fingerprint density at radius 2 is 1.89 bits per heavy atom. The van der Waals surface area contributed by atoms with Crippen LogP contribution in [0.15, 0.2) is 66.3 Å². The minimum absolute atomic E-state index is 0.0495. The third-order valence-corrected chi connectivity index (χ3v) is 8.88. The number of benzene rings is 1. The third-order valence-electron chi connectivity index (χ3n) is 8.11. The molecule has 0 unspecified atom stereocenters. The van der Waals surface area contributed by atoms with Gasteiger partial charge in [0.25, 0.3) is 5.91 Å². The number of aromatic nitrogens is 3. The average Bonchev–Trinajstić information content (AvgIpc) is 3.79. The molecular formula is C32H36FN7O3S. The molecule has 5 heterocycles. The highest BCUT2D eigenvalue weighted by Gasteiger charge is 2.29. The first-order chi connectivity index (χ1) is 21.3. The molecular weight excluding hydrogens is 581 g/mol. The van der Waals surface area contributed by atoms with Crippen molar-refractivity contribution in [2.45, 2.75) is 44.4 Å². The van der Waals surface area contributed by atoms with E-state index in [4.69, 9.17) is 9.72 Å². The Morgan fingerprint density at radius 1 is 1.09 bits per heavy atom. The van der Waals surface area contributed by atoms with Crippen molar-refractivity contribution in [3.8, 4) is 5.75 Å². The summed E-state index contributed by atoms with van der Waals surface area (Å²) in [6, 6.07) is 15.0. The maximum Gasteiger partial charge on any atom is 0.319 e. The highest BCUT2D eigenvalue weighted by molar-refractivity contribution is 7.14. The standard InChI is InChI=1S/C32H36FN7O3S/c1-37(2)32(42)38-17-12-25(13-18-38)43-24-9-7-23(8-10-24)40-16-4-5-27(40)26-21-44-31(35-26)36-30(41)28-6-3-15-39(28)20-22-11-14-34-29(33)19-22/h3,6-11,14-15,19,21,25,27H,4-5,12-13,16-18,20H2,1-2H3,(H,35,36,41)/t27-/m1/s1. The van der Waals surface area contributed by atoms with E-state index in [1.165, 1.54) is 23.6 Å². The summed E-state index contributed by atoms with van der Waals surface area (Å²) < 4.78 is 21.6. The van der Waals surface area contributed by atoms with Crippen molar-refractivity contribution in [1.82, 2.24) is 24.3 Å². The van der Waals surface area contributed by atoms with Crippen molar-refractivity contribution in [2.75, 3.05) is 43.9 Å². The minimum Gasteiger partial charge on any atom is -0.490 e. The van der Waals surface area contributed by atoms with Crippen molar-refractivity contribution >= 4 is 34.1 Å². The van der Waals surface area contributed by atoms with Gasteiger partial charge in [0.1, 0.15) is 17.5 Å². The Morgan fingerprint density at radius 3 is 2.64 bits per heavy atom. The van der Waals surface area contributed by atoms with E-state index in [-0.39, 0.29) is 24.1 Å². The molecule has 1 aromatic carbocycles. The van der Waals surface area contributed by atoms with E-state index >= 15 is 0 Å². The molecule has 2 saturated heterocycles. The molecule has 0 bridgehead atoms. The highest BCUT2D eigenvalue weighted by Crippen LogP contribution is 2.38. The van der Waals surface area contributed by atoms with Gasteiger partial charge in [0, 0.05) is 76.6 Å². The Hall–Kier alpha value is -4.45. The zero-order valence-electron chi connectivity index (χ0n) is 24.9. The molecule has 1 atom stereocenters. The van der Waals surface area contributed by atoms with E-state index in [0.29, 0.717) is 30.5 Å². The second-order valence-corrected chi connectivity index (χ2v) is 12.2. The molecule has 0 saturated carbocycles. The van der Waals surface area contributed by atoms with Crippen LogP contribution in [0.3, 0.4) is 0 Å². The van der Waals surface area contributed by atoms with Gasteiger partial charge >= 0.3 is 6.03 Å². The molecule has 230 valence electrons. The maximum atomic E-state index is 13.5. The molecule has 0 spiro atoms. The summed E-state index contributed by atoms with van der Waals surface area (Å²) in [7, 11) is 3.56. The highest BCUT2D eigenvalue weighted by atomic mass is 32.1. The lowest BCUT2D eigenvalue weighted by Crippen LogP contribution is -2.46. The number of anilines is 2. The van der Waals surface area contributed by atoms with Gasteiger partial charge < -0.3 is 24.0 Å². The van der Waals surface area contributed by atoms with Gasteiger partial charge in [0.15, 0.2) is 5.13 Å². The molecule has 12 heteroatoms. The van der Waals surface area contributed by atoms with E-state index in [1.54, 1.807) is 48.0 Å². The van der Waals surface area contributed by atoms with Crippen molar-refractivity contribution in [1.29, 1.82) is 0 Å². The van der Waals surface area contributed by atoms with E-state index in [9.17, 15) is 14.0 Å². The molecule has 0 radical (unpaired) electrons. The van der Waals surface area contributed by atoms with Crippen LogP contribution in [-0.4, -0.2) is 76.1 Å². The van der Waals surface area contributed by atoms with Crippen molar-refractivity contribution < 1.29 is 18.7 Å². The topological polar surface area (TPSA) is 95.8 Å². The zero-order valence-corrected chi connectivity index (χ0v) is 25.7. The van der Waals surface area contributed by atoms with Crippen LogP contribution in [0.2, 0.25) is 0 Å². The summed E-state index contributed by atoms with van der Waals surface area (Å²) in [5, 5.41) is 5.50. The number of hydrogen-bond donors (Lipinski definition) is 1. The Labute approximate surface area is 260 Å². The number of hydrogen-bond acceptors (Lipinski definition) is 7. The van der Waals surface area contributed by atoms with Crippen LogP contribution in [0, 0.1) is 5.95 Å². The molecule has 2 aliphatic rings. The number of rotatable bonds is 8. The zero-order chi connectivity index (χ0) is 30.6. The van der Waals surface area contributed by atoms with E-state index in [1.807, 2.05) is 22.4 Å². The van der Waals surface area contributed by atoms with Gasteiger partial charge in [-0.15, -0.1) is 11.3 Å². The van der Waals surface area contributed by atoms with E-state index < -0.39 is 5.95 Å². The van der Waals surface area contributed by atoms with Crippen LogP contribution in [0.5, 0.6) is 5.75 Å². The summed E-state index contributed by atoms with van der Waals surface area (Å²) in [6.45, 7) is 2.68. The monoisotopic (exact) mass is 617 g/mol. The Balaban J connectivity index is 1.05. The van der Waals surface area contributed by atoms with Crippen LogP contribution in [0.4, 0.5) is 20.0 Å². The predicted octanol–water partition coefficient (Wildman–Crippen LogP) is 5.65. The van der Waals surface area contributed by atoms with Crippen LogP contribution in [0.25, 0.3) is 0 Å². The number of pyridine rings is 1. The summed E-state index contributed by atoms with van der Waals surface area (Å²) in [5.41, 5.74) is 3.23. The molecule has 3 amide bonds. The SMILES string of the molecule is CN(C)C(=O)N1CCC(Oc2ccc(N3CCC[C@@H]3c3csc(NC(=O)c4cccn4Cc4ccnc(F)c4)n3)cc2)CC1. The predicted molar refractivity (Wildman–Crippen MR) is 168 cm³/mol. The number of carbonyl (C=O) groups is 2. The number of ether oxygens (including phenoxy) is 1. The lowest BCUT2D eigenvalue weighted by molar-refractivity contribution is 0.101. The number of thiazole rings is 1.